The van der Waals surface area contributed by atoms with E-state index in [2.05, 4.69) is 10.2 Å². The summed E-state index contributed by atoms with van der Waals surface area (Å²) in [5.74, 6) is 1.60. The number of nitrogens with zero attached hydrogens (tertiary/aromatic N) is 1. The van der Waals surface area contributed by atoms with Crippen molar-refractivity contribution in [3.8, 4) is 0 Å². The summed E-state index contributed by atoms with van der Waals surface area (Å²) in [5, 5.41) is 3.15. The molecular weight excluding hydrogens is 251 g/mol. The van der Waals surface area contributed by atoms with Crippen LogP contribution in [0.5, 0.6) is 0 Å². The molecule has 2 aliphatic rings. The lowest BCUT2D eigenvalue weighted by atomic mass is 9.75. The van der Waals surface area contributed by atoms with Gasteiger partial charge in [0.05, 0.1) is 5.69 Å². The molecular formula is C17H25FN2. The molecule has 1 heterocycles. The number of nitrogens with one attached hydrogen (secondary N) is 1. The number of benzene rings is 1. The monoisotopic (exact) mass is 276 g/mol. The van der Waals surface area contributed by atoms with Crippen LogP contribution in [0.25, 0.3) is 0 Å². The fraction of sp³-hybridized carbons (Fsp3) is 0.647. The molecule has 20 heavy (non-hydrogen) atoms. The molecule has 1 saturated heterocycles. The van der Waals surface area contributed by atoms with Gasteiger partial charge in [-0.3, -0.25) is 0 Å². The SMILES string of the molecule is CNCc1cccc(F)c1N1CCC2CCCCC2C1. The minimum Gasteiger partial charge on any atom is -0.369 e. The summed E-state index contributed by atoms with van der Waals surface area (Å²) in [6, 6.07) is 5.46. The highest BCUT2D eigenvalue weighted by Gasteiger charge is 2.32. The fourth-order valence-corrected chi connectivity index (χ4v) is 4.05. The van der Waals surface area contributed by atoms with E-state index in [1.54, 1.807) is 6.07 Å². The summed E-state index contributed by atoms with van der Waals surface area (Å²) >= 11 is 0. The number of fused-ring (bicyclic) bond motifs is 1. The highest BCUT2D eigenvalue weighted by molar-refractivity contribution is 5.55. The smallest absolute Gasteiger partial charge is 0.146 e. The standard InChI is InChI=1S/C17H25FN2/c1-19-11-14-7-4-8-16(18)17(14)20-10-9-13-5-2-3-6-15(13)12-20/h4,7-8,13,15,19H,2-3,5-6,9-12H2,1H3. The normalized spacial score (nSPS) is 26.4. The summed E-state index contributed by atoms with van der Waals surface area (Å²) in [6.45, 7) is 2.79. The van der Waals surface area contributed by atoms with Crippen molar-refractivity contribution in [3.05, 3.63) is 29.6 Å². The first-order valence-electron chi connectivity index (χ1n) is 7.96. The van der Waals surface area contributed by atoms with Crippen LogP contribution >= 0.6 is 0 Å². The third kappa shape index (κ3) is 2.69. The third-order valence-electron chi connectivity index (χ3n) is 5.05. The van der Waals surface area contributed by atoms with Crippen molar-refractivity contribution in [1.82, 2.24) is 5.32 Å². The lowest BCUT2D eigenvalue weighted by molar-refractivity contribution is 0.202. The van der Waals surface area contributed by atoms with Crippen LogP contribution in [0.3, 0.4) is 0 Å². The van der Waals surface area contributed by atoms with Crippen LogP contribution in [0.4, 0.5) is 10.1 Å². The number of para-hydroxylation sites is 1. The summed E-state index contributed by atoms with van der Waals surface area (Å²) in [4.78, 5) is 2.30. The van der Waals surface area contributed by atoms with Gasteiger partial charge in [-0.05, 0) is 43.4 Å². The third-order valence-corrected chi connectivity index (χ3v) is 5.05. The number of piperidine rings is 1. The van der Waals surface area contributed by atoms with Crippen LogP contribution in [0, 0.1) is 17.7 Å². The zero-order chi connectivity index (χ0) is 13.9. The number of hydrogen-bond acceptors (Lipinski definition) is 2. The molecule has 2 atom stereocenters. The number of hydrogen-bond donors (Lipinski definition) is 1. The summed E-state index contributed by atoms with van der Waals surface area (Å²) in [5.41, 5.74) is 1.92. The molecule has 110 valence electrons. The van der Waals surface area contributed by atoms with Crippen molar-refractivity contribution in [2.45, 2.75) is 38.6 Å². The zero-order valence-corrected chi connectivity index (χ0v) is 12.4. The molecule has 0 aromatic heterocycles. The van der Waals surface area contributed by atoms with Gasteiger partial charge in [-0.25, -0.2) is 4.39 Å². The predicted octanol–water partition coefficient (Wildman–Crippen LogP) is 3.56. The van der Waals surface area contributed by atoms with Gasteiger partial charge >= 0.3 is 0 Å². The van der Waals surface area contributed by atoms with Gasteiger partial charge in [0, 0.05) is 19.6 Å². The molecule has 0 amide bonds. The second kappa shape index (κ2) is 6.13. The molecule has 0 bridgehead atoms. The Morgan fingerprint density at radius 2 is 2.00 bits per heavy atom. The zero-order valence-electron chi connectivity index (χ0n) is 12.4. The summed E-state index contributed by atoms with van der Waals surface area (Å²) < 4.78 is 14.3. The van der Waals surface area contributed by atoms with Crippen LogP contribution in [0.2, 0.25) is 0 Å². The van der Waals surface area contributed by atoms with Gasteiger partial charge < -0.3 is 10.2 Å². The van der Waals surface area contributed by atoms with Crippen LogP contribution in [0.1, 0.15) is 37.7 Å². The molecule has 3 rings (SSSR count). The number of halogens is 1. The average Bonchev–Trinajstić information content (AvgIpc) is 2.47. The van der Waals surface area contributed by atoms with E-state index in [-0.39, 0.29) is 5.82 Å². The Morgan fingerprint density at radius 3 is 2.80 bits per heavy atom. The Morgan fingerprint density at radius 1 is 1.20 bits per heavy atom. The topological polar surface area (TPSA) is 15.3 Å². The van der Waals surface area contributed by atoms with Crippen molar-refractivity contribution in [2.75, 3.05) is 25.0 Å². The molecule has 1 N–H and O–H groups in total. The first kappa shape index (κ1) is 13.9. The van der Waals surface area contributed by atoms with E-state index in [9.17, 15) is 4.39 Å². The minimum atomic E-state index is -0.0630. The van der Waals surface area contributed by atoms with Crippen molar-refractivity contribution in [3.63, 3.8) is 0 Å². The lowest BCUT2D eigenvalue weighted by Crippen LogP contribution is -2.42. The maximum atomic E-state index is 14.3. The van der Waals surface area contributed by atoms with Gasteiger partial charge in [0.15, 0.2) is 0 Å². The van der Waals surface area contributed by atoms with Gasteiger partial charge in [-0.1, -0.05) is 31.4 Å². The first-order valence-corrected chi connectivity index (χ1v) is 7.96. The first-order chi connectivity index (χ1) is 9.79. The molecule has 1 aromatic rings. The Kier molecular flexibility index (Phi) is 4.25. The van der Waals surface area contributed by atoms with Gasteiger partial charge in [0.2, 0.25) is 0 Å². The Hall–Kier alpha value is -1.09. The Balaban J connectivity index is 1.82. The predicted molar refractivity (Wildman–Crippen MR) is 81.4 cm³/mol. The van der Waals surface area contributed by atoms with Crippen molar-refractivity contribution in [1.29, 1.82) is 0 Å². The molecule has 1 aliphatic carbocycles. The maximum absolute atomic E-state index is 14.3. The van der Waals surface area contributed by atoms with Crippen LogP contribution in [0.15, 0.2) is 18.2 Å². The van der Waals surface area contributed by atoms with E-state index in [4.69, 9.17) is 0 Å². The molecule has 1 saturated carbocycles. The average molecular weight is 276 g/mol. The minimum absolute atomic E-state index is 0.0630. The van der Waals surface area contributed by atoms with E-state index in [1.165, 1.54) is 32.1 Å². The van der Waals surface area contributed by atoms with Crippen molar-refractivity contribution < 1.29 is 4.39 Å². The Labute approximate surface area is 121 Å². The molecule has 0 spiro atoms. The molecule has 2 fully saturated rings. The fourth-order valence-electron chi connectivity index (χ4n) is 4.05. The van der Waals surface area contributed by atoms with E-state index >= 15 is 0 Å². The van der Waals surface area contributed by atoms with E-state index < -0.39 is 0 Å². The van der Waals surface area contributed by atoms with E-state index in [0.717, 1.165) is 42.7 Å². The van der Waals surface area contributed by atoms with Crippen molar-refractivity contribution in [2.24, 2.45) is 11.8 Å². The number of anilines is 1. The molecule has 1 aliphatic heterocycles. The van der Waals surface area contributed by atoms with Gasteiger partial charge in [-0.15, -0.1) is 0 Å². The molecule has 1 aromatic carbocycles. The molecule has 2 nitrogen and oxygen atoms in total. The van der Waals surface area contributed by atoms with Crippen LogP contribution < -0.4 is 10.2 Å². The largest absolute Gasteiger partial charge is 0.369 e. The number of rotatable bonds is 3. The summed E-state index contributed by atoms with van der Waals surface area (Å²) in [7, 11) is 1.92. The van der Waals surface area contributed by atoms with Gasteiger partial charge in [0.1, 0.15) is 5.82 Å². The van der Waals surface area contributed by atoms with Crippen LogP contribution in [-0.4, -0.2) is 20.1 Å². The van der Waals surface area contributed by atoms with E-state index in [1.807, 2.05) is 19.2 Å². The van der Waals surface area contributed by atoms with Gasteiger partial charge in [-0.2, -0.15) is 0 Å². The quantitative estimate of drug-likeness (QED) is 0.908. The molecule has 0 radical (unpaired) electrons. The van der Waals surface area contributed by atoms with Crippen LogP contribution in [-0.2, 0) is 6.54 Å². The second-order valence-electron chi connectivity index (χ2n) is 6.32. The Bertz CT molecular complexity index is 460. The maximum Gasteiger partial charge on any atom is 0.146 e. The van der Waals surface area contributed by atoms with Gasteiger partial charge in [0.25, 0.3) is 0 Å². The van der Waals surface area contributed by atoms with Crippen molar-refractivity contribution >= 4 is 5.69 Å². The van der Waals surface area contributed by atoms with E-state index in [0.29, 0.717) is 0 Å². The summed E-state index contributed by atoms with van der Waals surface area (Å²) in [6.07, 6.45) is 6.70. The second-order valence-corrected chi connectivity index (χ2v) is 6.32. The molecule has 2 unspecified atom stereocenters. The highest BCUT2D eigenvalue weighted by atomic mass is 19.1. The lowest BCUT2D eigenvalue weighted by Gasteiger charge is -2.43. The highest BCUT2D eigenvalue weighted by Crippen LogP contribution is 2.38. The molecule has 3 heteroatoms.